The van der Waals surface area contributed by atoms with Crippen molar-refractivity contribution in [3.05, 3.63) is 51.9 Å². The van der Waals surface area contributed by atoms with Crippen LogP contribution in [0.5, 0.6) is 0 Å². The first kappa shape index (κ1) is 17.4. The zero-order valence-electron chi connectivity index (χ0n) is 13.7. The highest BCUT2D eigenvalue weighted by Crippen LogP contribution is 2.34. The number of fused-ring (bicyclic) bond motifs is 2. The highest BCUT2D eigenvalue weighted by atomic mass is 79.9. The maximum atomic E-state index is 14.6. The predicted octanol–water partition coefficient (Wildman–Crippen LogP) is 2.37. The van der Waals surface area contributed by atoms with Gasteiger partial charge >= 0.3 is 0 Å². The second kappa shape index (κ2) is 6.31. The summed E-state index contributed by atoms with van der Waals surface area (Å²) in [6.45, 7) is 0.603. The molecule has 1 amide bonds. The van der Waals surface area contributed by atoms with Gasteiger partial charge in [0.15, 0.2) is 5.84 Å². The minimum atomic E-state index is -3.60. The van der Waals surface area contributed by atoms with E-state index in [1.165, 1.54) is 17.0 Å². The van der Waals surface area contributed by atoms with Crippen LogP contribution < -0.4 is 4.90 Å². The van der Waals surface area contributed by atoms with E-state index in [0.29, 0.717) is 23.9 Å². The van der Waals surface area contributed by atoms with Crippen LogP contribution in [0.1, 0.15) is 12.0 Å². The fraction of sp³-hybridized carbons (Fsp3) is 0.294. The summed E-state index contributed by atoms with van der Waals surface area (Å²) in [5, 5.41) is 0. The van der Waals surface area contributed by atoms with E-state index in [0.717, 1.165) is 5.56 Å². The van der Waals surface area contributed by atoms with Gasteiger partial charge in [0.05, 0.1) is 17.0 Å². The number of hydrogen-bond donors (Lipinski definition) is 0. The number of nitrogens with zero attached hydrogens (tertiary/aromatic N) is 3. The first-order valence-electron chi connectivity index (χ1n) is 8.14. The largest absolute Gasteiger partial charge is 0.331 e. The third-order valence-corrected chi connectivity index (χ3v) is 6.15. The normalized spacial score (nSPS) is 20.8. The van der Waals surface area contributed by atoms with Gasteiger partial charge in [-0.25, -0.2) is 12.8 Å². The van der Waals surface area contributed by atoms with E-state index in [1.807, 2.05) is 6.07 Å². The van der Waals surface area contributed by atoms with E-state index in [1.54, 1.807) is 17.2 Å². The third-order valence-electron chi connectivity index (χ3n) is 4.54. The van der Waals surface area contributed by atoms with Crippen LogP contribution in [0.25, 0.3) is 0 Å². The molecule has 0 radical (unpaired) electrons. The Morgan fingerprint density at radius 3 is 2.88 bits per heavy atom. The zero-order chi connectivity index (χ0) is 18.5. The minimum Gasteiger partial charge on any atom is -0.331 e. The van der Waals surface area contributed by atoms with E-state index in [4.69, 9.17) is 0 Å². The fourth-order valence-electron chi connectivity index (χ4n) is 3.38. The number of aryl methyl sites for hydroxylation is 1. The number of amidine groups is 1. The van der Waals surface area contributed by atoms with Gasteiger partial charge in [0.25, 0.3) is 15.9 Å². The number of carbonyl (C=O) groups is 1. The van der Waals surface area contributed by atoms with Crippen molar-refractivity contribution >= 4 is 43.4 Å². The van der Waals surface area contributed by atoms with Crippen LogP contribution >= 0.6 is 15.9 Å². The van der Waals surface area contributed by atoms with Crippen LogP contribution in [-0.4, -0.2) is 43.9 Å². The van der Waals surface area contributed by atoms with E-state index in [2.05, 4.69) is 20.3 Å². The monoisotopic (exact) mass is 439 g/mol. The summed E-state index contributed by atoms with van der Waals surface area (Å²) < 4.78 is 42.7. The maximum Gasteiger partial charge on any atom is 0.262 e. The summed E-state index contributed by atoms with van der Waals surface area (Å²) in [5.41, 5.74) is 1.16. The molecule has 4 rings (SSSR count). The molecule has 6 nitrogen and oxygen atoms in total. The number of rotatable bonds is 1. The number of carbonyl (C=O) groups excluding carboxylic acids is 1. The molecule has 0 spiro atoms. The Bertz CT molecular complexity index is 1000. The third kappa shape index (κ3) is 2.99. The van der Waals surface area contributed by atoms with Crippen LogP contribution in [-0.2, 0) is 21.2 Å². The van der Waals surface area contributed by atoms with Crippen molar-refractivity contribution in [2.75, 3.05) is 23.7 Å². The van der Waals surface area contributed by atoms with E-state index in [9.17, 15) is 17.6 Å². The summed E-state index contributed by atoms with van der Waals surface area (Å²) in [5.74, 6) is -0.924. The molecule has 0 bridgehead atoms. The van der Waals surface area contributed by atoms with Gasteiger partial charge in [-0.3, -0.25) is 4.79 Å². The average Bonchev–Trinajstić information content (AvgIpc) is 2.59. The molecule has 3 aliphatic heterocycles. The van der Waals surface area contributed by atoms with Gasteiger partial charge in [0.2, 0.25) is 0 Å². The molecule has 9 heteroatoms. The molecular weight excluding hydrogens is 425 g/mol. The number of benzene rings is 1. The van der Waals surface area contributed by atoms with E-state index in [-0.39, 0.29) is 29.4 Å². The van der Waals surface area contributed by atoms with Crippen molar-refractivity contribution in [3.63, 3.8) is 0 Å². The van der Waals surface area contributed by atoms with Crippen LogP contribution in [0, 0.1) is 5.82 Å². The lowest BCUT2D eigenvalue weighted by molar-refractivity contribution is -0.114. The minimum absolute atomic E-state index is 0.0997. The Hall–Kier alpha value is -2.00. The number of sulfonamides is 1. The van der Waals surface area contributed by atoms with Gasteiger partial charge in [0.1, 0.15) is 5.82 Å². The molecule has 0 N–H and O–H groups in total. The average molecular weight is 440 g/mol. The summed E-state index contributed by atoms with van der Waals surface area (Å²) in [4.78, 5) is 16.2. The van der Waals surface area contributed by atoms with Crippen molar-refractivity contribution in [3.8, 4) is 0 Å². The molecule has 3 aliphatic rings. The number of hydrogen-bond acceptors (Lipinski definition) is 4. The van der Waals surface area contributed by atoms with Gasteiger partial charge < -0.3 is 9.80 Å². The number of anilines is 1. The van der Waals surface area contributed by atoms with Crippen LogP contribution in [0.2, 0.25) is 0 Å². The SMILES string of the molecule is O=C(C1=CC=CN2CCS(=O)(=O)N=C12)N1CCCc2cc(Br)cc(F)c21. The second-order valence-corrected chi connectivity index (χ2v) is 8.94. The maximum absolute atomic E-state index is 14.6. The van der Waals surface area contributed by atoms with Crippen molar-refractivity contribution in [1.29, 1.82) is 0 Å². The molecule has 1 aromatic rings. The molecule has 1 aromatic carbocycles. The Morgan fingerprint density at radius 2 is 2.08 bits per heavy atom. The van der Waals surface area contributed by atoms with Crippen LogP contribution in [0.4, 0.5) is 10.1 Å². The molecule has 136 valence electrons. The van der Waals surface area contributed by atoms with Gasteiger partial charge in [-0.2, -0.15) is 0 Å². The van der Waals surface area contributed by atoms with E-state index < -0.39 is 21.7 Å². The first-order valence-corrected chi connectivity index (χ1v) is 10.5. The second-order valence-electron chi connectivity index (χ2n) is 6.27. The Labute approximate surface area is 158 Å². The topological polar surface area (TPSA) is 70.0 Å². The molecule has 0 fully saturated rings. The Kier molecular flexibility index (Phi) is 4.23. The summed E-state index contributed by atoms with van der Waals surface area (Å²) in [6.07, 6.45) is 6.27. The predicted molar refractivity (Wildman–Crippen MR) is 99.9 cm³/mol. The molecule has 0 saturated carbocycles. The Morgan fingerprint density at radius 1 is 1.27 bits per heavy atom. The molecule has 3 heterocycles. The number of halogens is 2. The lowest BCUT2D eigenvalue weighted by atomic mass is 9.99. The zero-order valence-corrected chi connectivity index (χ0v) is 16.1. The molecule has 0 aliphatic carbocycles. The van der Waals surface area contributed by atoms with Gasteiger partial charge in [-0.15, -0.1) is 4.40 Å². The van der Waals surface area contributed by atoms with Crippen molar-refractivity contribution < 1.29 is 17.6 Å². The highest BCUT2D eigenvalue weighted by molar-refractivity contribution is 9.10. The van der Waals surface area contributed by atoms with Crippen LogP contribution in [0.3, 0.4) is 0 Å². The molecule has 0 unspecified atom stereocenters. The molecule has 0 aromatic heterocycles. The van der Waals surface area contributed by atoms with Crippen LogP contribution in [0.15, 0.2) is 44.9 Å². The first-order chi connectivity index (χ1) is 12.4. The number of allylic oxidation sites excluding steroid dienone is 2. The van der Waals surface area contributed by atoms with Gasteiger partial charge in [0, 0.05) is 23.8 Å². The van der Waals surface area contributed by atoms with Crippen molar-refractivity contribution in [2.24, 2.45) is 4.40 Å². The van der Waals surface area contributed by atoms with Gasteiger partial charge in [-0.05, 0) is 42.7 Å². The lowest BCUT2D eigenvalue weighted by Crippen LogP contribution is -2.45. The molecule has 26 heavy (non-hydrogen) atoms. The van der Waals surface area contributed by atoms with E-state index >= 15 is 0 Å². The Balaban J connectivity index is 1.77. The smallest absolute Gasteiger partial charge is 0.262 e. The quantitative estimate of drug-likeness (QED) is 0.673. The summed E-state index contributed by atoms with van der Waals surface area (Å²) in [7, 11) is -3.60. The molecule has 0 saturated heterocycles. The van der Waals surface area contributed by atoms with Gasteiger partial charge in [-0.1, -0.05) is 15.9 Å². The molecule has 0 atom stereocenters. The molecular formula is C17H15BrFN3O3S. The summed E-state index contributed by atoms with van der Waals surface area (Å²) in [6, 6.07) is 3.14. The van der Waals surface area contributed by atoms with Crippen molar-refractivity contribution in [2.45, 2.75) is 12.8 Å². The number of amides is 1. The highest BCUT2D eigenvalue weighted by Gasteiger charge is 2.34. The summed E-state index contributed by atoms with van der Waals surface area (Å²) >= 11 is 3.28. The standard InChI is InChI=1S/C17H15BrFN3O3S/c18-12-9-11-3-1-6-22(15(11)14(19)10-12)17(23)13-4-2-5-21-7-8-26(24,25)20-16(13)21/h2,4-5,9-10H,1,3,6-8H2. The van der Waals surface area contributed by atoms with Crippen molar-refractivity contribution in [1.82, 2.24) is 4.90 Å². The fourth-order valence-corrected chi connectivity index (χ4v) is 4.85. The lowest BCUT2D eigenvalue weighted by Gasteiger charge is -2.34.